The van der Waals surface area contributed by atoms with Crippen molar-refractivity contribution in [3.05, 3.63) is 35.1 Å². The Morgan fingerprint density at radius 2 is 2.06 bits per heavy atom. The van der Waals surface area contributed by atoms with Gasteiger partial charge >= 0.3 is 0 Å². The third-order valence-electron chi connectivity index (χ3n) is 2.77. The van der Waals surface area contributed by atoms with Crippen molar-refractivity contribution in [2.24, 2.45) is 0 Å². The second-order valence-corrected chi connectivity index (χ2v) is 4.66. The molecule has 0 fully saturated rings. The fraction of sp³-hybridized carbons (Fsp3) is 0.462. The van der Waals surface area contributed by atoms with Gasteiger partial charge in [-0.1, -0.05) is 13.0 Å². The van der Waals surface area contributed by atoms with Crippen LogP contribution >= 0.6 is 0 Å². The van der Waals surface area contributed by atoms with E-state index in [1.807, 2.05) is 20.8 Å². The van der Waals surface area contributed by atoms with Gasteiger partial charge < -0.3 is 5.32 Å². The minimum atomic E-state index is -0.345. The zero-order chi connectivity index (χ0) is 12.3. The third kappa shape index (κ3) is 3.05. The van der Waals surface area contributed by atoms with Crippen LogP contribution in [0.25, 0.3) is 0 Å². The number of rotatable bonds is 3. The van der Waals surface area contributed by atoms with Gasteiger partial charge in [0.05, 0.1) is 0 Å². The van der Waals surface area contributed by atoms with Gasteiger partial charge in [0, 0.05) is 11.1 Å². The highest BCUT2D eigenvalue weighted by Gasteiger charge is 2.19. The quantitative estimate of drug-likeness (QED) is 0.838. The van der Waals surface area contributed by atoms with Crippen molar-refractivity contribution in [3.63, 3.8) is 0 Å². The molecule has 0 aliphatic heterocycles. The molecule has 3 heteroatoms. The van der Waals surface area contributed by atoms with Crippen LogP contribution in [0.1, 0.15) is 43.1 Å². The number of halogens is 1. The van der Waals surface area contributed by atoms with Crippen LogP contribution in [0.15, 0.2) is 18.2 Å². The molecule has 0 aliphatic rings. The van der Waals surface area contributed by atoms with Gasteiger partial charge in [-0.3, -0.25) is 4.79 Å². The monoisotopic (exact) mass is 223 g/mol. The van der Waals surface area contributed by atoms with Gasteiger partial charge in [0.1, 0.15) is 5.82 Å². The van der Waals surface area contributed by atoms with Gasteiger partial charge in [-0.05, 0) is 44.9 Å². The minimum Gasteiger partial charge on any atom is -0.347 e. The van der Waals surface area contributed by atoms with Gasteiger partial charge in [0.2, 0.25) is 0 Å². The van der Waals surface area contributed by atoms with Crippen LogP contribution in [0.5, 0.6) is 0 Å². The maximum absolute atomic E-state index is 13.3. The molecule has 0 aliphatic carbocycles. The summed E-state index contributed by atoms with van der Waals surface area (Å²) in [5, 5.41) is 2.86. The number of hydrogen-bond donors (Lipinski definition) is 1. The van der Waals surface area contributed by atoms with Crippen LogP contribution in [0.3, 0.4) is 0 Å². The molecule has 0 saturated carbocycles. The molecule has 1 aromatic carbocycles. The molecule has 0 saturated heterocycles. The summed E-state index contributed by atoms with van der Waals surface area (Å²) in [5.41, 5.74) is 0.647. The summed E-state index contributed by atoms with van der Waals surface area (Å²) in [6.07, 6.45) is 0.826. The first-order valence-corrected chi connectivity index (χ1v) is 5.44. The molecule has 88 valence electrons. The molecule has 0 radical (unpaired) electrons. The first-order valence-electron chi connectivity index (χ1n) is 5.44. The van der Waals surface area contributed by atoms with E-state index in [9.17, 15) is 9.18 Å². The Morgan fingerprint density at radius 3 is 2.56 bits per heavy atom. The van der Waals surface area contributed by atoms with E-state index < -0.39 is 0 Å². The van der Waals surface area contributed by atoms with Crippen molar-refractivity contribution in [1.29, 1.82) is 0 Å². The van der Waals surface area contributed by atoms with Gasteiger partial charge in [-0.25, -0.2) is 4.39 Å². The Balaban J connectivity index is 2.85. The second-order valence-electron chi connectivity index (χ2n) is 4.66. The predicted octanol–water partition coefficient (Wildman–Crippen LogP) is 3.05. The van der Waals surface area contributed by atoms with E-state index in [1.165, 1.54) is 6.07 Å². The average molecular weight is 223 g/mol. The van der Waals surface area contributed by atoms with E-state index in [1.54, 1.807) is 19.1 Å². The lowest BCUT2D eigenvalue weighted by Gasteiger charge is -2.24. The molecule has 1 amide bonds. The minimum absolute atomic E-state index is 0.231. The van der Waals surface area contributed by atoms with E-state index in [0.717, 1.165) is 6.42 Å². The van der Waals surface area contributed by atoms with Crippen LogP contribution in [-0.4, -0.2) is 11.4 Å². The van der Waals surface area contributed by atoms with Crippen molar-refractivity contribution < 1.29 is 9.18 Å². The van der Waals surface area contributed by atoms with Crippen LogP contribution in [0, 0.1) is 12.7 Å². The summed E-state index contributed by atoms with van der Waals surface area (Å²) in [5.74, 6) is -0.576. The van der Waals surface area contributed by atoms with Crippen molar-refractivity contribution in [2.45, 2.75) is 39.7 Å². The zero-order valence-electron chi connectivity index (χ0n) is 10.2. The fourth-order valence-electron chi connectivity index (χ4n) is 1.20. The number of hydrogen-bond acceptors (Lipinski definition) is 1. The molecule has 2 nitrogen and oxygen atoms in total. The molecular weight excluding hydrogens is 205 g/mol. The standard InChI is InChI=1S/C13H18FNO/c1-5-13(3,4)15-12(16)10-7-6-9(2)11(14)8-10/h6-8H,5H2,1-4H3,(H,15,16). The Morgan fingerprint density at radius 1 is 1.44 bits per heavy atom. The second kappa shape index (κ2) is 4.64. The molecule has 0 bridgehead atoms. The molecular formula is C13H18FNO. The van der Waals surface area contributed by atoms with Crippen molar-refractivity contribution in [1.82, 2.24) is 5.32 Å². The summed E-state index contributed by atoms with van der Waals surface area (Å²) in [6, 6.07) is 4.53. The summed E-state index contributed by atoms with van der Waals surface area (Å²) in [7, 11) is 0. The number of carbonyl (C=O) groups excluding carboxylic acids is 1. The Labute approximate surface area is 95.9 Å². The lowest BCUT2D eigenvalue weighted by Crippen LogP contribution is -2.42. The van der Waals surface area contributed by atoms with Crippen molar-refractivity contribution in [2.75, 3.05) is 0 Å². The molecule has 16 heavy (non-hydrogen) atoms. The van der Waals surface area contributed by atoms with E-state index in [2.05, 4.69) is 5.32 Å². The number of benzene rings is 1. The van der Waals surface area contributed by atoms with E-state index in [0.29, 0.717) is 11.1 Å². The average Bonchev–Trinajstić information content (AvgIpc) is 2.21. The molecule has 0 aromatic heterocycles. The number of amides is 1. The number of nitrogens with one attached hydrogen (secondary N) is 1. The summed E-state index contributed by atoms with van der Waals surface area (Å²) < 4.78 is 13.3. The summed E-state index contributed by atoms with van der Waals surface area (Å²) in [4.78, 5) is 11.8. The first kappa shape index (κ1) is 12.7. The highest BCUT2D eigenvalue weighted by Crippen LogP contribution is 2.12. The molecule has 0 heterocycles. The lowest BCUT2D eigenvalue weighted by molar-refractivity contribution is 0.0911. The van der Waals surface area contributed by atoms with Crippen molar-refractivity contribution in [3.8, 4) is 0 Å². The van der Waals surface area contributed by atoms with Gasteiger partial charge in [0.15, 0.2) is 0 Å². The fourth-order valence-corrected chi connectivity index (χ4v) is 1.20. The number of aryl methyl sites for hydroxylation is 1. The van der Waals surface area contributed by atoms with E-state index in [4.69, 9.17) is 0 Å². The van der Waals surface area contributed by atoms with Crippen LogP contribution in [0.4, 0.5) is 4.39 Å². The van der Waals surface area contributed by atoms with Gasteiger partial charge in [0.25, 0.3) is 5.91 Å². The topological polar surface area (TPSA) is 29.1 Å². The maximum atomic E-state index is 13.3. The molecule has 1 aromatic rings. The van der Waals surface area contributed by atoms with Crippen LogP contribution in [0.2, 0.25) is 0 Å². The van der Waals surface area contributed by atoms with Gasteiger partial charge in [-0.15, -0.1) is 0 Å². The van der Waals surface area contributed by atoms with Crippen molar-refractivity contribution >= 4 is 5.91 Å². The van der Waals surface area contributed by atoms with E-state index in [-0.39, 0.29) is 17.3 Å². The normalized spacial score (nSPS) is 11.3. The smallest absolute Gasteiger partial charge is 0.251 e. The Bertz CT molecular complexity index is 399. The summed E-state index contributed by atoms with van der Waals surface area (Å²) in [6.45, 7) is 7.55. The Kier molecular flexibility index (Phi) is 3.68. The highest BCUT2D eigenvalue weighted by atomic mass is 19.1. The predicted molar refractivity (Wildman–Crippen MR) is 63.0 cm³/mol. The maximum Gasteiger partial charge on any atom is 0.251 e. The van der Waals surface area contributed by atoms with E-state index >= 15 is 0 Å². The third-order valence-corrected chi connectivity index (χ3v) is 2.77. The van der Waals surface area contributed by atoms with Crippen LogP contribution < -0.4 is 5.32 Å². The number of carbonyl (C=O) groups is 1. The molecule has 0 unspecified atom stereocenters. The summed E-state index contributed by atoms with van der Waals surface area (Å²) >= 11 is 0. The molecule has 0 atom stereocenters. The lowest BCUT2D eigenvalue weighted by atomic mass is 10.0. The molecule has 0 spiro atoms. The largest absolute Gasteiger partial charge is 0.347 e. The zero-order valence-corrected chi connectivity index (χ0v) is 10.2. The first-order chi connectivity index (χ1) is 7.35. The molecule has 1 rings (SSSR count). The SMILES string of the molecule is CCC(C)(C)NC(=O)c1ccc(C)c(F)c1. The van der Waals surface area contributed by atoms with Gasteiger partial charge in [-0.2, -0.15) is 0 Å². The highest BCUT2D eigenvalue weighted by molar-refractivity contribution is 5.94. The molecule has 1 N–H and O–H groups in total. The van der Waals surface area contributed by atoms with Crippen LogP contribution in [-0.2, 0) is 0 Å². The Hall–Kier alpha value is -1.38.